The van der Waals surface area contributed by atoms with Crippen LogP contribution in [0.4, 0.5) is 10.5 Å². The zero-order valence-electron chi connectivity index (χ0n) is 14.6. The number of rotatable bonds is 2. The Hall–Kier alpha value is -2.30. The molecule has 1 N–H and O–H groups in total. The Morgan fingerprint density at radius 3 is 2.92 bits per heavy atom. The van der Waals surface area contributed by atoms with E-state index in [1.165, 1.54) is 12.8 Å². The number of hydrogen-bond donors (Lipinski definition) is 1. The quantitative estimate of drug-likeness (QED) is 0.876. The van der Waals surface area contributed by atoms with Crippen LogP contribution in [0.1, 0.15) is 37.4 Å². The average molecular weight is 327 g/mol. The minimum atomic E-state index is -0.0208. The van der Waals surface area contributed by atoms with E-state index in [-0.39, 0.29) is 6.03 Å². The molecule has 1 unspecified atom stereocenters. The third kappa shape index (κ3) is 3.78. The summed E-state index contributed by atoms with van der Waals surface area (Å²) in [5.74, 6) is 1.13. The molecule has 1 fully saturated rings. The average Bonchev–Trinajstić information content (AvgIpc) is 2.86. The molecule has 5 heteroatoms. The number of aryl methyl sites for hydroxylation is 2. The van der Waals surface area contributed by atoms with Crippen molar-refractivity contribution in [1.29, 1.82) is 0 Å². The fraction of sp³-hybridized carbons (Fsp3) is 0.474. The van der Waals surface area contributed by atoms with Gasteiger partial charge in [0.25, 0.3) is 0 Å². The topological polar surface area (TPSA) is 58.4 Å². The number of carbonyl (C=O) groups is 1. The Labute approximate surface area is 143 Å². The summed E-state index contributed by atoms with van der Waals surface area (Å²) in [5, 5.41) is 3.06. The molecule has 1 saturated heterocycles. The van der Waals surface area contributed by atoms with Gasteiger partial charge in [0.2, 0.25) is 5.89 Å². The summed E-state index contributed by atoms with van der Waals surface area (Å²) in [6.07, 6.45) is 5.10. The maximum Gasteiger partial charge on any atom is 0.321 e. The van der Waals surface area contributed by atoms with Crippen molar-refractivity contribution in [2.45, 2.75) is 40.0 Å². The van der Waals surface area contributed by atoms with E-state index >= 15 is 0 Å². The van der Waals surface area contributed by atoms with Gasteiger partial charge in [-0.1, -0.05) is 19.4 Å². The third-order valence-corrected chi connectivity index (χ3v) is 4.54. The highest BCUT2D eigenvalue weighted by molar-refractivity contribution is 5.91. The lowest BCUT2D eigenvalue weighted by atomic mass is 10.1. The zero-order chi connectivity index (χ0) is 17.1. The lowest BCUT2D eigenvalue weighted by Crippen LogP contribution is -2.37. The van der Waals surface area contributed by atoms with E-state index in [1.807, 2.05) is 36.9 Å². The van der Waals surface area contributed by atoms with Crippen LogP contribution in [0.25, 0.3) is 11.5 Å². The van der Waals surface area contributed by atoms with Crippen LogP contribution < -0.4 is 5.32 Å². The van der Waals surface area contributed by atoms with Crippen molar-refractivity contribution >= 4 is 11.7 Å². The summed E-state index contributed by atoms with van der Waals surface area (Å²) < 4.78 is 5.46. The van der Waals surface area contributed by atoms with Gasteiger partial charge in [-0.15, -0.1) is 0 Å². The molecule has 3 rings (SSSR count). The second-order valence-electron chi connectivity index (χ2n) is 6.80. The van der Waals surface area contributed by atoms with Gasteiger partial charge in [0.15, 0.2) is 0 Å². The smallest absolute Gasteiger partial charge is 0.321 e. The van der Waals surface area contributed by atoms with Gasteiger partial charge in [-0.2, -0.15) is 0 Å². The van der Waals surface area contributed by atoms with Gasteiger partial charge in [-0.05, 0) is 50.3 Å². The number of nitrogens with zero attached hydrogens (tertiary/aromatic N) is 2. The molecule has 1 aliphatic rings. The molecule has 0 radical (unpaired) electrons. The molecule has 5 nitrogen and oxygen atoms in total. The molecular weight excluding hydrogens is 302 g/mol. The number of oxazole rings is 1. The number of carbonyl (C=O) groups excluding carboxylic acids is 1. The van der Waals surface area contributed by atoms with Gasteiger partial charge >= 0.3 is 6.03 Å². The Kier molecular flexibility index (Phi) is 4.88. The van der Waals surface area contributed by atoms with Crippen molar-refractivity contribution in [2.24, 2.45) is 5.92 Å². The Balaban J connectivity index is 1.77. The van der Waals surface area contributed by atoms with Gasteiger partial charge < -0.3 is 14.6 Å². The summed E-state index contributed by atoms with van der Waals surface area (Å²) in [5.41, 5.74) is 3.55. The molecule has 0 spiro atoms. The number of hydrogen-bond acceptors (Lipinski definition) is 3. The second-order valence-corrected chi connectivity index (χ2v) is 6.80. The molecule has 1 aliphatic heterocycles. The molecule has 2 heterocycles. The first kappa shape index (κ1) is 16.6. The van der Waals surface area contributed by atoms with Crippen molar-refractivity contribution in [3.05, 3.63) is 35.7 Å². The van der Waals surface area contributed by atoms with E-state index in [0.717, 1.165) is 42.0 Å². The number of likely N-dealkylation sites (tertiary alicyclic amines) is 1. The van der Waals surface area contributed by atoms with Gasteiger partial charge in [-0.25, -0.2) is 9.78 Å². The van der Waals surface area contributed by atoms with Gasteiger partial charge in [0, 0.05) is 24.3 Å². The molecule has 2 aromatic rings. The van der Waals surface area contributed by atoms with E-state index < -0.39 is 0 Å². The largest absolute Gasteiger partial charge is 0.444 e. The van der Waals surface area contributed by atoms with Crippen molar-refractivity contribution in [3.63, 3.8) is 0 Å². The van der Waals surface area contributed by atoms with E-state index in [0.29, 0.717) is 11.8 Å². The van der Waals surface area contributed by atoms with E-state index in [2.05, 4.69) is 17.2 Å². The summed E-state index contributed by atoms with van der Waals surface area (Å²) in [6, 6.07) is 5.85. The van der Waals surface area contributed by atoms with Crippen LogP contribution in [0.2, 0.25) is 0 Å². The van der Waals surface area contributed by atoms with E-state index in [4.69, 9.17) is 4.42 Å². The predicted molar refractivity (Wildman–Crippen MR) is 95.0 cm³/mol. The van der Waals surface area contributed by atoms with E-state index in [1.54, 1.807) is 6.26 Å². The number of benzene rings is 1. The first-order valence-corrected chi connectivity index (χ1v) is 8.62. The Morgan fingerprint density at radius 2 is 2.17 bits per heavy atom. The maximum atomic E-state index is 12.6. The first-order valence-electron chi connectivity index (χ1n) is 8.62. The lowest BCUT2D eigenvalue weighted by molar-refractivity contribution is 0.207. The van der Waals surface area contributed by atoms with Crippen LogP contribution in [0, 0.1) is 19.8 Å². The number of amides is 2. The maximum absolute atomic E-state index is 12.6. The van der Waals surface area contributed by atoms with Crippen LogP contribution >= 0.6 is 0 Å². The zero-order valence-corrected chi connectivity index (χ0v) is 14.6. The molecular formula is C19H25N3O2. The molecule has 1 aromatic heterocycles. The Morgan fingerprint density at radius 1 is 1.33 bits per heavy atom. The molecule has 2 amide bonds. The molecule has 0 saturated carbocycles. The fourth-order valence-electron chi connectivity index (χ4n) is 3.11. The van der Waals surface area contributed by atoms with Crippen molar-refractivity contribution in [3.8, 4) is 11.5 Å². The number of urea groups is 1. The number of aromatic nitrogens is 1. The monoisotopic (exact) mass is 327 g/mol. The minimum Gasteiger partial charge on any atom is -0.444 e. The van der Waals surface area contributed by atoms with Crippen molar-refractivity contribution in [2.75, 3.05) is 18.4 Å². The van der Waals surface area contributed by atoms with Crippen LogP contribution in [-0.2, 0) is 0 Å². The molecule has 1 aromatic carbocycles. The van der Waals surface area contributed by atoms with Crippen LogP contribution in [0.15, 0.2) is 28.9 Å². The van der Waals surface area contributed by atoms with Crippen molar-refractivity contribution in [1.82, 2.24) is 9.88 Å². The summed E-state index contributed by atoms with van der Waals surface area (Å²) in [4.78, 5) is 18.9. The third-order valence-electron chi connectivity index (χ3n) is 4.54. The molecule has 24 heavy (non-hydrogen) atoms. The second kappa shape index (κ2) is 7.07. The fourth-order valence-corrected chi connectivity index (χ4v) is 3.11. The molecule has 128 valence electrons. The SMILES string of the molecule is Cc1coc(-c2ccc(C)c(NC(=O)N3CCCCC(C)C3)c2)n1. The van der Waals surface area contributed by atoms with E-state index in [9.17, 15) is 4.79 Å². The first-order chi connectivity index (χ1) is 11.5. The lowest BCUT2D eigenvalue weighted by Gasteiger charge is -2.23. The normalized spacial score (nSPS) is 18.3. The van der Waals surface area contributed by atoms with Crippen LogP contribution in [-0.4, -0.2) is 29.0 Å². The van der Waals surface area contributed by atoms with Crippen molar-refractivity contribution < 1.29 is 9.21 Å². The summed E-state index contributed by atoms with van der Waals surface area (Å²) >= 11 is 0. The number of anilines is 1. The summed E-state index contributed by atoms with van der Waals surface area (Å²) in [7, 11) is 0. The highest BCUT2D eigenvalue weighted by Gasteiger charge is 2.20. The molecule has 0 bridgehead atoms. The van der Waals surface area contributed by atoms with Gasteiger partial charge in [-0.3, -0.25) is 0 Å². The predicted octanol–water partition coefficient (Wildman–Crippen LogP) is 4.61. The van der Waals surface area contributed by atoms with Gasteiger partial charge in [0.05, 0.1) is 5.69 Å². The summed E-state index contributed by atoms with van der Waals surface area (Å²) in [6.45, 7) is 7.75. The standard InChI is InChI=1S/C19H25N3O2/c1-13-6-4-5-9-22(11-13)19(23)21-17-10-16(8-7-14(17)2)18-20-15(3)12-24-18/h7-8,10,12-13H,4-6,9,11H2,1-3H3,(H,21,23). The molecule has 0 aliphatic carbocycles. The number of nitrogens with one attached hydrogen (secondary N) is 1. The molecule has 1 atom stereocenters. The van der Waals surface area contributed by atoms with Crippen LogP contribution in [0.5, 0.6) is 0 Å². The highest BCUT2D eigenvalue weighted by atomic mass is 16.3. The van der Waals surface area contributed by atoms with Crippen LogP contribution in [0.3, 0.4) is 0 Å². The Bertz CT molecular complexity index is 723. The minimum absolute atomic E-state index is 0.0208. The highest BCUT2D eigenvalue weighted by Crippen LogP contribution is 2.25. The van der Waals surface area contributed by atoms with Gasteiger partial charge in [0.1, 0.15) is 6.26 Å².